The van der Waals surface area contributed by atoms with Gasteiger partial charge in [-0.25, -0.2) is 22.0 Å². The van der Waals surface area contributed by atoms with Gasteiger partial charge in [-0.05, 0) is 86.1 Å². The van der Waals surface area contributed by atoms with Crippen LogP contribution in [0.15, 0.2) is 40.1 Å². The molecule has 0 saturated heterocycles. The quantitative estimate of drug-likeness (QED) is 0.831. The Labute approximate surface area is 154 Å². The van der Waals surface area contributed by atoms with E-state index in [2.05, 4.69) is 4.72 Å². The molecule has 0 radical (unpaired) electrons. The van der Waals surface area contributed by atoms with Gasteiger partial charge in [-0.15, -0.1) is 0 Å². The molecule has 3 N–H and O–H groups in total. The summed E-state index contributed by atoms with van der Waals surface area (Å²) < 4.78 is 51.4. The van der Waals surface area contributed by atoms with E-state index in [4.69, 9.17) is 5.14 Å². The molecule has 0 atom stereocenters. The number of primary sulfonamides is 1. The highest BCUT2D eigenvalue weighted by molar-refractivity contribution is 7.92. The molecule has 0 aromatic heterocycles. The van der Waals surface area contributed by atoms with Crippen LogP contribution in [-0.2, 0) is 32.9 Å². The van der Waals surface area contributed by atoms with Crippen LogP contribution in [0.25, 0.3) is 0 Å². The van der Waals surface area contributed by atoms with Gasteiger partial charge in [-0.2, -0.15) is 0 Å². The molecule has 1 aliphatic carbocycles. The summed E-state index contributed by atoms with van der Waals surface area (Å²) in [5.74, 6) is 0. The maximum Gasteiger partial charge on any atom is 0.261 e. The number of anilines is 1. The Kier molecular flexibility index (Phi) is 4.85. The lowest BCUT2D eigenvalue weighted by atomic mass is 9.92. The van der Waals surface area contributed by atoms with Crippen molar-refractivity contribution in [1.82, 2.24) is 0 Å². The average molecular weight is 395 g/mol. The van der Waals surface area contributed by atoms with Gasteiger partial charge in [0.25, 0.3) is 10.0 Å². The van der Waals surface area contributed by atoms with Crippen LogP contribution in [-0.4, -0.2) is 16.8 Å². The third kappa shape index (κ3) is 3.77. The lowest BCUT2D eigenvalue weighted by Crippen LogP contribution is -2.17. The molecule has 0 heterocycles. The molecule has 0 fully saturated rings. The van der Waals surface area contributed by atoms with Gasteiger partial charge >= 0.3 is 0 Å². The second kappa shape index (κ2) is 6.68. The summed E-state index contributed by atoms with van der Waals surface area (Å²) >= 11 is 0. The maximum absolute atomic E-state index is 12.8. The molecular weight excluding hydrogens is 372 g/mol. The van der Waals surface area contributed by atoms with Crippen LogP contribution in [0.5, 0.6) is 0 Å². The normalized spacial score (nSPS) is 14.7. The maximum atomic E-state index is 12.8. The number of nitrogens with two attached hydrogens (primary N) is 1. The summed E-state index contributed by atoms with van der Waals surface area (Å²) in [7, 11) is -7.77. The Bertz CT molecular complexity index is 1070. The average Bonchev–Trinajstić information content (AvgIpc) is 2.57. The molecule has 3 rings (SSSR count). The monoisotopic (exact) mass is 394 g/mol. The first kappa shape index (κ1) is 18.9. The zero-order valence-electron chi connectivity index (χ0n) is 14.7. The van der Waals surface area contributed by atoms with Crippen molar-refractivity contribution in [2.24, 2.45) is 5.14 Å². The molecule has 1 aliphatic rings. The number of hydrogen-bond acceptors (Lipinski definition) is 4. The molecule has 6 nitrogen and oxygen atoms in total. The summed E-state index contributed by atoms with van der Waals surface area (Å²) in [4.78, 5) is 0.0555. The zero-order valence-corrected chi connectivity index (χ0v) is 16.4. The third-order valence-corrected chi connectivity index (χ3v) is 7.10. The molecular formula is C18H22N2O4S2. The highest BCUT2D eigenvalue weighted by atomic mass is 32.2. The van der Waals surface area contributed by atoms with Crippen molar-refractivity contribution in [2.45, 2.75) is 49.3 Å². The second-order valence-corrected chi connectivity index (χ2v) is 9.94. The molecule has 8 heteroatoms. The number of rotatable bonds is 4. The van der Waals surface area contributed by atoms with Crippen molar-refractivity contribution in [1.29, 1.82) is 0 Å². The first-order valence-electron chi connectivity index (χ1n) is 8.36. The van der Waals surface area contributed by atoms with Crippen molar-refractivity contribution in [3.63, 3.8) is 0 Å². The molecule has 0 saturated carbocycles. The SMILES string of the molecule is Cc1cc(S(N)(=O)=O)cc(NS(=O)(=O)c2ccc3c(c2)CCCC3)c1C. The third-order valence-electron chi connectivity index (χ3n) is 4.84. The molecule has 140 valence electrons. The van der Waals surface area contributed by atoms with Crippen molar-refractivity contribution in [2.75, 3.05) is 4.72 Å². The van der Waals surface area contributed by atoms with Gasteiger partial charge in [-0.3, -0.25) is 4.72 Å². The van der Waals surface area contributed by atoms with Crippen molar-refractivity contribution in [3.05, 3.63) is 52.6 Å². The van der Waals surface area contributed by atoms with Crippen molar-refractivity contribution >= 4 is 25.7 Å². The summed E-state index contributed by atoms with van der Waals surface area (Å²) in [6.07, 6.45) is 4.02. The smallest absolute Gasteiger partial charge is 0.261 e. The van der Waals surface area contributed by atoms with E-state index in [1.54, 1.807) is 26.0 Å². The van der Waals surface area contributed by atoms with Crippen molar-refractivity contribution in [3.8, 4) is 0 Å². The van der Waals surface area contributed by atoms with Crippen molar-refractivity contribution < 1.29 is 16.8 Å². The largest absolute Gasteiger partial charge is 0.279 e. The second-order valence-electron chi connectivity index (χ2n) is 6.70. The van der Waals surface area contributed by atoms with E-state index in [0.29, 0.717) is 11.1 Å². The molecule has 2 aromatic carbocycles. The van der Waals surface area contributed by atoms with Gasteiger partial charge in [0.05, 0.1) is 15.5 Å². The fraction of sp³-hybridized carbons (Fsp3) is 0.333. The fourth-order valence-electron chi connectivity index (χ4n) is 3.18. The minimum Gasteiger partial charge on any atom is -0.279 e. The van der Waals surface area contributed by atoms with Crippen LogP contribution in [0, 0.1) is 13.8 Å². The molecule has 0 unspecified atom stereocenters. The molecule has 26 heavy (non-hydrogen) atoms. The highest BCUT2D eigenvalue weighted by Crippen LogP contribution is 2.28. The van der Waals surface area contributed by atoms with E-state index < -0.39 is 20.0 Å². The molecule has 0 spiro atoms. The lowest BCUT2D eigenvalue weighted by molar-refractivity contribution is 0.596. The van der Waals surface area contributed by atoms with Crippen LogP contribution < -0.4 is 9.86 Å². The molecule has 0 aliphatic heterocycles. The fourth-order valence-corrected chi connectivity index (χ4v) is 4.96. The van der Waals surface area contributed by atoms with E-state index in [0.717, 1.165) is 31.2 Å². The Balaban J connectivity index is 2.01. The first-order chi connectivity index (χ1) is 12.1. The molecule has 0 amide bonds. The minimum atomic E-state index is -3.93. The summed E-state index contributed by atoms with van der Waals surface area (Å²) in [6.45, 7) is 3.44. The van der Waals surface area contributed by atoms with E-state index >= 15 is 0 Å². The predicted molar refractivity (Wildman–Crippen MR) is 101 cm³/mol. The number of nitrogens with one attached hydrogen (secondary N) is 1. The van der Waals surface area contributed by atoms with E-state index in [-0.39, 0.29) is 15.5 Å². The molecule has 2 aromatic rings. The summed E-state index contributed by atoms with van der Waals surface area (Å²) in [5.41, 5.74) is 3.76. The van der Waals surface area contributed by atoms with Gasteiger partial charge in [0.2, 0.25) is 10.0 Å². The lowest BCUT2D eigenvalue weighted by Gasteiger charge is -2.18. The predicted octanol–water partition coefficient (Wildman–Crippen LogP) is 2.63. The zero-order chi connectivity index (χ0) is 19.1. The number of fused-ring (bicyclic) bond motifs is 1. The Morgan fingerprint density at radius 2 is 1.54 bits per heavy atom. The van der Waals surface area contributed by atoms with Crippen LogP contribution in [0.3, 0.4) is 0 Å². The van der Waals surface area contributed by atoms with Gasteiger partial charge in [0.15, 0.2) is 0 Å². The molecule has 0 bridgehead atoms. The standard InChI is InChI=1S/C18H22N2O4S2/c1-12-9-17(25(19,21)22)11-18(13(12)2)20-26(23,24)16-8-7-14-5-3-4-6-15(14)10-16/h7-11,20H,3-6H2,1-2H3,(H2,19,21,22). The number of hydrogen-bond donors (Lipinski definition) is 2. The first-order valence-corrected chi connectivity index (χ1v) is 11.4. The van der Waals surface area contributed by atoms with E-state index in [9.17, 15) is 16.8 Å². The topological polar surface area (TPSA) is 106 Å². The van der Waals surface area contributed by atoms with E-state index in [1.807, 2.05) is 6.07 Å². The number of sulfonamides is 2. The number of benzene rings is 2. The summed E-state index contributed by atoms with van der Waals surface area (Å²) in [6, 6.07) is 7.86. The number of aryl methyl sites for hydroxylation is 3. The van der Waals surface area contributed by atoms with Gasteiger partial charge in [-0.1, -0.05) is 6.07 Å². The van der Waals surface area contributed by atoms with Gasteiger partial charge in [0, 0.05) is 0 Å². The van der Waals surface area contributed by atoms with Crippen LogP contribution in [0.2, 0.25) is 0 Å². The van der Waals surface area contributed by atoms with Crippen LogP contribution >= 0.6 is 0 Å². The van der Waals surface area contributed by atoms with E-state index in [1.165, 1.54) is 17.7 Å². The summed E-state index contributed by atoms with van der Waals surface area (Å²) in [5, 5.41) is 5.19. The van der Waals surface area contributed by atoms with Crippen LogP contribution in [0.4, 0.5) is 5.69 Å². The van der Waals surface area contributed by atoms with Gasteiger partial charge in [0.1, 0.15) is 0 Å². The Morgan fingerprint density at radius 3 is 2.19 bits per heavy atom. The van der Waals surface area contributed by atoms with Crippen LogP contribution in [0.1, 0.15) is 35.1 Å². The Hall–Kier alpha value is -1.90. The van der Waals surface area contributed by atoms with Gasteiger partial charge < -0.3 is 0 Å². The highest BCUT2D eigenvalue weighted by Gasteiger charge is 2.20. The minimum absolute atomic E-state index is 0.122. The Morgan fingerprint density at radius 1 is 0.885 bits per heavy atom.